The number of hydrogen-bond donors (Lipinski definition) is 3. The highest BCUT2D eigenvalue weighted by Crippen LogP contribution is 2.37. The van der Waals surface area contributed by atoms with Crippen LogP contribution in [0.1, 0.15) is 51.2 Å². The van der Waals surface area contributed by atoms with Crippen LogP contribution in [0.5, 0.6) is 5.88 Å². The number of hydrogen-bond acceptors (Lipinski definition) is 9. The molecule has 0 aromatic carbocycles. The third-order valence-electron chi connectivity index (χ3n) is 5.36. The van der Waals surface area contributed by atoms with Crippen LogP contribution in [0.4, 0.5) is 20.5 Å². The van der Waals surface area contributed by atoms with Crippen molar-refractivity contribution in [2.45, 2.75) is 64.6 Å². The van der Waals surface area contributed by atoms with Crippen LogP contribution in [0, 0.1) is 16.7 Å². The summed E-state index contributed by atoms with van der Waals surface area (Å²) in [5.74, 6) is -2.30. The van der Waals surface area contributed by atoms with Crippen molar-refractivity contribution in [3.63, 3.8) is 0 Å². The summed E-state index contributed by atoms with van der Waals surface area (Å²) in [6.45, 7) is 4.13. The Balaban J connectivity index is 1.70. The molecule has 3 N–H and O–H groups in total. The summed E-state index contributed by atoms with van der Waals surface area (Å²) < 4.78 is 31.4. The van der Waals surface area contributed by atoms with Gasteiger partial charge in [-0.05, 0) is 24.7 Å². The van der Waals surface area contributed by atoms with Gasteiger partial charge in [-0.2, -0.15) is 10.2 Å². The zero-order valence-corrected chi connectivity index (χ0v) is 18.3. The number of alkyl halides is 2. The maximum atomic E-state index is 13.1. The Bertz CT molecular complexity index is 975. The molecule has 2 aromatic rings. The minimum atomic E-state index is -2.99. The fraction of sp³-hybridized carbons (Fsp3) is 0.571. The van der Waals surface area contributed by atoms with E-state index < -0.39 is 12.5 Å². The molecule has 11 heteroatoms. The van der Waals surface area contributed by atoms with Gasteiger partial charge in [-0.3, -0.25) is 0 Å². The van der Waals surface area contributed by atoms with Crippen molar-refractivity contribution >= 4 is 11.8 Å². The van der Waals surface area contributed by atoms with Crippen molar-refractivity contribution in [1.82, 2.24) is 19.9 Å². The maximum Gasteiger partial charge on any atom is 0.278 e. The lowest BCUT2D eigenvalue weighted by Gasteiger charge is -2.40. The highest BCUT2D eigenvalue weighted by Gasteiger charge is 2.36. The normalized spacial score (nSPS) is 20.3. The summed E-state index contributed by atoms with van der Waals surface area (Å²) in [6, 6.07) is 2.14. The number of ether oxygens (including phenoxy) is 1. The first kappa shape index (κ1) is 23.5. The second-order valence-electron chi connectivity index (χ2n) is 8.76. The Morgan fingerprint density at radius 2 is 2.09 bits per heavy atom. The lowest BCUT2D eigenvalue weighted by molar-refractivity contribution is -0.0245. The third-order valence-corrected chi connectivity index (χ3v) is 5.36. The van der Waals surface area contributed by atoms with Gasteiger partial charge in [0.05, 0.1) is 17.9 Å². The minimum Gasteiger partial charge on any atom is -0.471 e. The molecule has 2 aromatic heterocycles. The zero-order valence-electron chi connectivity index (χ0n) is 18.3. The molecule has 0 radical (unpaired) electrons. The number of aromatic nitrogens is 4. The van der Waals surface area contributed by atoms with Crippen molar-refractivity contribution in [1.29, 1.82) is 5.26 Å². The van der Waals surface area contributed by atoms with Crippen molar-refractivity contribution in [3.05, 3.63) is 29.8 Å². The summed E-state index contributed by atoms with van der Waals surface area (Å²) in [4.78, 5) is 16.4. The van der Waals surface area contributed by atoms with Crippen LogP contribution in [-0.4, -0.2) is 49.7 Å². The van der Waals surface area contributed by atoms with Gasteiger partial charge in [-0.1, -0.05) is 13.8 Å². The number of nitriles is 1. The van der Waals surface area contributed by atoms with Crippen LogP contribution < -0.4 is 15.4 Å². The Morgan fingerprint density at radius 3 is 2.78 bits per heavy atom. The fourth-order valence-electron chi connectivity index (χ4n) is 3.57. The van der Waals surface area contributed by atoms with E-state index in [-0.39, 0.29) is 35.9 Å². The fourth-order valence-corrected chi connectivity index (χ4v) is 3.57. The monoisotopic (exact) mass is 447 g/mol. The molecule has 0 spiro atoms. The molecule has 9 nitrogen and oxygen atoms in total. The molecule has 3 rings (SSSR count). The molecule has 1 aliphatic carbocycles. The van der Waals surface area contributed by atoms with Crippen molar-refractivity contribution in [2.24, 2.45) is 5.41 Å². The number of rotatable bonds is 8. The Labute approximate surface area is 185 Å². The van der Waals surface area contributed by atoms with E-state index in [1.165, 1.54) is 18.7 Å². The topological polar surface area (TPSA) is 129 Å². The quantitative estimate of drug-likeness (QED) is 0.559. The van der Waals surface area contributed by atoms with E-state index in [2.05, 4.69) is 36.6 Å². The predicted molar refractivity (Wildman–Crippen MR) is 113 cm³/mol. The molecule has 1 fully saturated rings. The van der Waals surface area contributed by atoms with Gasteiger partial charge in [0, 0.05) is 25.7 Å². The van der Waals surface area contributed by atoms with E-state index in [9.17, 15) is 19.1 Å². The van der Waals surface area contributed by atoms with Crippen molar-refractivity contribution < 1.29 is 18.6 Å². The zero-order chi connectivity index (χ0) is 23.4. The largest absolute Gasteiger partial charge is 0.471 e. The van der Waals surface area contributed by atoms with Gasteiger partial charge in [-0.15, -0.1) is 0 Å². The molecule has 1 saturated carbocycles. The van der Waals surface area contributed by atoms with Crippen LogP contribution in [0.2, 0.25) is 0 Å². The van der Waals surface area contributed by atoms with Crippen LogP contribution in [0.15, 0.2) is 18.7 Å². The standard InChI is InChI=1S/C21H27F2N7O2/c1-20(2)6-15(4-5-16(20)31)29-17-13(7-24)9-26-19(30-17)27-10-14-8-25-12-28-18(14)32-11-21(3,22)23/h8-9,12,15-16,31H,4-6,10-11H2,1-3H3,(H2,26,27,29,30)/t15-,16+/m1/s1. The SMILES string of the molecule is CC(F)(F)COc1ncncc1CNc1ncc(C#N)c(N[C@@H]2CC[C@H](O)C(C)(C)C2)n1. The van der Waals surface area contributed by atoms with E-state index in [0.717, 1.165) is 19.8 Å². The van der Waals surface area contributed by atoms with Gasteiger partial charge in [0.15, 0.2) is 6.61 Å². The van der Waals surface area contributed by atoms with E-state index in [1.807, 2.05) is 13.8 Å². The van der Waals surface area contributed by atoms with Gasteiger partial charge in [0.25, 0.3) is 5.92 Å². The van der Waals surface area contributed by atoms with Crippen LogP contribution in [0.3, 0.4) is 0 Å². The molecule has 0 amide bonds. The van der Waals surface area contributed by atoms with E-state index in [1.54, 1.807) is 0 Å². The number of anilines is 2. The number of nitrogens with zero attached hydrogens (tertiary/aromatic N) is 5. The Kier molecular flexibility index (Phi) is 7.03. The molecule has 0 unspecified atom stereocenters. The van der Waals surface area contributed by atoms with Crippen LogP contribution >= 0.6 is 0 Å². The first-order chi connectivity index (χ1) is 15.1. The highest BCUT2D eigenvalue weighted by atomic mass is 19.3. The van der Waals surface area contributed by atoms with Gasteiger partial charge in [0.1, 0.15) is 23.8 Å². The summed E-state index contributed by atoms with van der Waals surface area (Å²) in [7, 11) is 0. The lowest BCUT2D eigenvalue weighted by atomic mass is 9.73. The Hall–Kier alpha value is -3.13. The predicted octanol–water partition coefficient (Wildman–Crippen LogP) is 3.14. The van der Waals surface area contributed by atoms with E-state index >= 15 is 0 Å². The summed E-state index contributed by atoms with van der Waals surface area (Å²) >= 11 is 0. The van der Waals surface area contributed by atoms with Crippen molar-refractivity contribution in [2.75, 3.05) is 17.2 Å². The number of nitrogens with one attached hydrogen (secondary N) is 2. The van der Waals surface area contributed by atoms with E-state index in [4.69, 9.17) is 4.74 Å². The van der Waals surface area contributed by atoms with Gasteiger partial charge in [-0.25, -0.2) is 23.7 Å². The molecule has 32 heavy (non-hydrogen) atoms. The molecular weight excluding hydrogens is 420 g/mol. The molecule has 0 bridgehead atoms. The number of aliphatic hydroxyl groups excluding tert-OH is 1. The molecule has 0 aliphatic heterocycles. The van der Waals surface area contributed by atoms with Crippen LogP contribution in [-0.2, 0) is 6.54 Å². The summed E-state index contributed by atoms with van der Waals surface area (Å²) in [6.07, 6.45) is 5.88. The average molecular weight is 447 g/mol. The highest BCUT2D eigenvalue weighted by molar-refractivity contribution is 5.54. The molecule has 2 atom stereocenters. The van der Waals surface area contributed by atoms with Crippen LogP contribution in [0.25, 0.3) is 0 Å². The van der Waals surface area contributed by atoms with Crippen molar-refractivity contribution in [3.8, 4) is 11.9 Å². The molecule has 2 heterocycles. The summed E-state index contributed by atoms with van der Waals surface area (Å²) in [5, 5.41) is 25.9. The Morgan fingerprint density at radius 1 is 1.31 bits per heavy atom. The average Bonchev–Trinajstić information content (AvgIpc) is 2.73. The van der Waals surface area contributed by atoms with Gasteiger partial charge < -0.3 is 20.5 Å². The maximum absolute atomic E-state index is 13.1. The molecular formula is C21H27F2N7O2. The third kappa shape index (κ3) is 6.20. The van der Waals surface area contributed by atoms with Gasteiger partial charge >= 0.3 is 0 Å². The summed E-state index contributed by atoms with van der Waals surface area (Å²) in [5.41, 5.74) is 0.523. The first-order valence-electron chi connectivity index (χ1n) is 10.3. The molecule has 172 valence electrons. The smallest absolute Gasteiger partial charge is 0.278 e. The lowest BCUT2D eigenvalue weighted by Crippen LogP contribution is -2.41. The first-order valence-corrected chi connectivity index (χ1v) is 10.3. The second kappa shape index (κ2) is 9.56. The van der Waals surface area contributed by atoms with Gasteiger partial charge in [0.2, 0.25) is 11.8 Å². The minimum absolute atomic E-state index is 0.0454. The van der Waals surface area contributed by atoms with E-state index in [0.29, 0.717) is 23.4 Å². The number of halogens is 2. The molecule has 1 aliphatic rings. The second-order valence-corrected chi connectivity index (χ2v) is 8.76. The molecule has 0 saturated heterocycles. The number of aliphatic hydroxyl groups is 1.